The monoisotopic (exact) mass is 304 g/mol. The molecule has 0 spiro atoms. The van der Waals surface area contributed by atoms with Crippen molar-refractivity contribution in [2.75, 3.05) is 0 Å². The average molecular weight is 305 g/mol. The van der Waals surface area contributed by atoms with Crippen molar-refractivity contribution in [1.29, 1.82) is 0 Å². The number of imidazole rings is 1. The average Bonchev–Trinajstić information content (AvgIpc) is 2.63. The van der Waals surface area contributed by atoms with Crippen LogP contribution in [0.15, 0.2) is 28.9 Å². The molecule has 0 unspecified atom stereocenters. The molecule has 2 aromatic rings. The van der Waals surface area contributed by atoms with Crippen molar-refractivity contribution in [2.45, 2.75) is 13.1 Å². The number of aryl methyl sites for hydroxylation is 1. The third kappa shape index (κ3) is 2.52. The van der Waals surface area contributed by atoms with Crippen molar-refractivity contribution < 1.29 is 13.2 Å². The number of H-pyrrole nitrogens is 1. The van der Waals surface area contributed by atoms with Crippen LogP contribution in [0.3, 0.4) is 0 Å². The number of nitrogens with one attached hydrogen (secondary N) is 1. The molecule has 0 saturated carbocycles. The smallest absolute Gasteiger partial charge is 0.342 e. The molecule has 0 atom stereocenters. The van der Waals surface area contributed by atoms with Gasteiger partial charge in [-0.05, 0) is 25.1 Å². The van der Waals surface area contributed by atoms with Gasteiger partial charge in [0.15, 0.2) is 0 Å². The lowest BCUT2D eigenvalue weighted by molar-refractivity contribution is -0.137. The van der Waals surface area contributed by atoms with E-state index in [9.17, 15) is 13.2 Å². The molecule has 2 nitrogen and oxygen atoms in total. The Hall–Kier alpha value is -1.30. The number of rotatable bonds is 1. The van der Waals surface area contributed by atoms with E-state index < -0.39 is 11.7 Å². The Balaban J connectivity index is 2.54. The van der Waals surface area contributed by atoms with Gasteiger partial charge in [0.2, 0.25) is 0 Å². The summed E-state index contributed by atoms with van der Waals surface area (Å²) in [4.78, 5) is 6.92. The zero-order chi connectivity index (χ0) is 12.6. The number of benzene rings is 1. The highest BCUT2D eigenvalue weighted by atomic mass is 79.9. The highest BCUT2D eigenvalue weighted by molar-refractivity contribution is 9.10. The summed E-state index contributed by atoms with van der Waals surface area (Å²) in [5.41, 5.74) is 0.502. The molecule has 0 aliphatic rings. The van der Waals surface area contributed by atoms with Crippen LogP contribution in [-0.2, 0) is 6.18 Å². The molecule has 0 saturated heterocycles. The van der Waals surface area contributed by atoms with Crippen molar-refractivity contribution >= 4 is 15.9 Å². The molecule has 0 aliphatic heterocycles. The third-order valence-electron chi connectivity index (χ3n) is 2.25. The first-order chi connectivity index (χ1) is 7.88. The number of hydrogen-bond acceptors (Lipinski definition) is 1. The van der Waals surface area contributed by atoms with Gasteiger partial charge in [-0.3, -0.25) is 0 Å². The van der Waals surface area contributed by atoms with Gasteiger partial charge >= 0.3 is 6.18 Å². The Labute approximate surface area is 104 Å². The molecular weight excluding hydrogens is 297 g/mol. The van der Waals surface area contributed by atoms with Gasteiger partial charge in [0.1, 0.15) is 5.82 Å². The van der Waals surface area contributed by atoms with E-state index in [1.165, 1.54) is 6.07 Å². The fourth-order valence-electron chi connectivity index (χ4n) is 1.43. The molecule has 0 amide bonds. The number of aromatic amines is 1. The van der Waals surface area contributed by atoms with Crippen LogP contribution in [0.25, 0.3) is 11.4 Å². The Morgan fingerprint density at radius 1 is 1.29 bits per heavy atom. The summed E-state index contributed by atoms with van der Waals surface area (Å²) in [5.74, 6) is 0.417. The number of halogens is 4. The number of aromatic nitrogens is 2. The van der Waals surface area contributed by atoms with E-state index in [4.69, 9.17) is 0 Å². The second-order valence-corrected chi connectivity index (χ2v) is 4.46. The maximum absolute atomic E-state index is 12.6. The van der Waals surface area contributed by atoms with E-state index in [0.717, 1.165) is 17.8 Å². The summed E-state index contributed by atoms with van der Waals surface area (Å²) in [7, 11) is 0. The van der Waals surface area contributed by atoms with Gasteiger partial charge in [-0.25, -0.2) is 4.98 Å². The van der Waals surface area contributed by atoms with E-state index in [1.54, 1.807) is 13.1 Å². The molecule has 1 aromatic carbocycles. The molecule has 17 heavy (non-hydrogen) atoms. The second-order valence-electron chi connectivity index (χ2n) is 3.61. The van der Waals surface area contributed by atoms with Gasteiger partial charge in [-0.15, -0.1) is 0 Å². The minimum atomic E-state index is -4.35. The SMILES string of the molecule is Cc1cnc(-c2cc(C(F)(F)F)ccc2Br)[nH]1. The standard InChI is InChI=1S/C11H8BrF3N2/c1-6-5-16-10(17-6)8-4-7(11(13,14)15)2-3-9(8)12/h2-5H,1H3,(H,16,17). The molecular formula is C11H8BrF3N2. The van der Waals surface area contributed by atoms with Crippen LogP contribution in [0.1, 0.15) is 11.3 Å². The van der Waals surface area contributed by atoms with Gasteiger partial charge in [0.25, 0.3) is 0 Å². The van der Waals surface area contributed by atoms with E-state index in [-0.39, 0.29) is 0 Å². The lowest BCUT2D eigenvalue weighted by Crippen LogP contribution is -2.05. The zero-order valence-electron chi connectivity index (χ0n) is 8.77. The van der Waals surface area contributed by atoms with Crippen LogP contribution < -0.4 is 0 Å². The summed E-state index contributed by atoms with van der Waals surface area (Å²) in [5, 5.41) is 0. The summed E-state index contributed by atoms with van der Waals surface area (Å²) in [6, 6.07) is 3.47. The topological polar surface area (TPSA) is 28.7 Å². The van der Waals surface area contributed by atoms with Crippen LogP contribution in [0.5, 0.6) is 0 Å². The first-order valence-corrected chi connectivity index (χ1v) is 5.56. The van der Waals surface area contributed by atoms with Crippen LogP contribution in [0.4, 0.5) is 13.2 Å². The second kappa shape index (κ2) is 4.18. The minimum absolute atomic E-state index is 0.396. The summed E-state index contributed by atoms with van der Waals surface area (Å²) < 4.78 is 38.3. The number of hydrogen-bond donors (Lipinski definition) is 1. The van der Waals surface area contributed by atoms with Crippen LogP contribution >= 0.6 is 15.9 Å². The Morgan fingerprint density at radius 3 is 2.53 bits per heavy atom. The predicted octanol–water partition coefficient (Wildman–Crippen LogP) is 4.17. The molecule has 0 aliphatic carbocycles. The van der Waals surface area contributed by atoms with Gasteiger partial charge in [0.05, 0.1) is 5.56 Å². The van der Waals surface area contributed by atoms with E-state index in [2.05, 4.69) is 25.9 Å². The predicted molar refractivity (Wildman–Crippen MR) is 61.5 cm³/mol. The highest BCUT2D eigenvalue weighted by Crippen LogP contribution is 2.34. The summed E-state index contributed by atoms with van der Waals surface area (Å²) >= 11 is 3.22. The van der Waals surface area contributed by atoms with Gasteiger partial charge in [-0.1, -0.05) is 15.9 Å². The van der Waals surface area contributed by atoms with E-state index in [0.29, 0.717) is 15.9 Å². The first kappa shape index (κ1) is 12.2. The van der Waals surface area contributed by atoms with Crippen molar-refractivity contribution in [1.82, 2.24) is 9.97 Å². The lowest BCUT2D eigenvalue weighted by atomic mass is 10.1. The Morgan fingerprint density at radius 2 is 2.00 bits per heavy atom. The molecule has 1 N–H and O–H groups in total. The fraction of sp³-hybridized carbons (Fsp3) is 0.182. The van der Waals surface area contributed by atoms with Gasteiger partial charge < -0.3 is 4.98 Å². The van der Waals surface area contributed by atoms with E-state index in [1.807, 2.05) is 0 Å². The Bertz CT molecular complexity index is 546. The molecule has 90 valence electrons. The molecule has 1 aromatic heterocycles. The molecule has 1 heterocycles. The first-order valence-electron chi connectivity index (χ1n) is 4.76. The van der Waals surface area contributed by atoms with Gasteiger partial charge in [0, 0.05) is 21.9 Å². The number of alkyl halides is 3. The molecule has 2 rings (SSSR count). The van der Waals surface area contributed by atoms with Crippen molar-refractivity contribution in [3.63, 3.8) is 0 Å². The van der Waals surface area contributed by atoms with Gasteiger partial charge in [-0.2, -0.15) is 13.2 Å². The largest absolute Gasteiger partial charge is 0.416 e. The Kier molecular flexibility index (Phi) is 2.99. The third-order valence-corrected chi connectivity index (χ3v) is 2.94. The molecule has 0 radical (unpaired) electrons. The molecule has 0 bridgehead atoms. The quantitative estimate of drug-likeness (QED) is 0.842. The molecule has 0 fully saturated rings. The molecule has 6 heteroatoms. The normalized spacial score (nSPS) is 11.8. The van der Waals surface area contributed by atoms with Crippen molar-refractivity contribution in [2.24, 2.45) is 0 Å². The lowest BCUT2D eigenvalue weighted by Gasteiger charge is -2.09. The highest BCUT2D eigenvalue weighted by Gasteiger charge is 2.31. The van der Waals surface area contributed by atoms with Crippen LogP contribution in [0, 0.1) is 6.92 Å². The summed E-state index contributed by atoms with van der Waals surface area (Å²) in [6.07, 6.45) is -2.78. The van der Waals surface area contributed by atoms with Crippen LogP contribution in [0.2, 0.25) is 0 Å². The number of nitrogens with zero attached hydrogens (tertiary/aromatic N) is 1. The summed E-state index contributed by atoms with van der Waals surface area (Å²) in [6.45, 7) is 1.79. The van der Waals surface area contributed by atoms with Crippen molar-refractivity contribution in [3.8, 4) is 11.4 Å². The maximum atomic E-state index is 12.6. The zero-order valence-corrected chi connectivity index (χ0v) is 10.4. The van der Waals surface area contributed by atoms with Crippen LogP contribution in [-0.4, -0.2) is 9.97 Å². The maximum Gasteiger partial charge on any atom is 0.416 e. The van der Waals surface area contributed by atoms with E-state index >= 15 is 0 Å². The fourth-order valence-corrected chi connectivity index (χ4v) is 1.87. The minimum Gasteiger partial charge on any atom is -0.342 e. The van der Waals surface area contributed by atoms with Crippen molar-refractivity contribution in [3.05, 3.63) is 40.1 Å².